The molecule has 2 heterocycles. The standard InChI is InChI=1S/C17H23N5O4/c1-4-16(2,3)14(25)26-8-17(7-23)5-10(17)6-22-9-19-11-12(22)20-15(18)21-13(11)24/h6,9,23H,4-5,7-8H2,1-3H3,(H3,18,20,21,24)/b10-6-. The molecule has 2 aromatic heterocycles. The molecule has 140 valence electrons. The molecule has 0 spiro atoms. The lowest BCUT2D eigenvalue weighted by molar-refractivity contribution is -0.156. The van der Waals surface area contributed by atoms with Gasteiger partial charge in [-0.3, -0.25) is 19.1 Å². The Morgan fingerprint density at radius 3 is 2.96 bits per heavy atom. The number of esters is 1. The van der Waals surface area contributed by atoms with Gasteiger partial charge in [0.25, 0.3) is 5.56 Å². The van der Waals surface area contributed by atoms with Crippen LogP contribution in [0.25, 0.3) is 17.4 Å². The normalized spacial score (nSPS) is 21.3. The van der Waals surface area contributed by atoms with Crippen molar-refractivity contribution in [3.8, 4) is 0 Å². The van der Waals surface area contributed by atoms with Crippen molar-refractivity contribution in [3.63, 3.8) is 0 Å². The molecule has 0 radical (unpaired) electrons. The summed E-state index contributed by atoms with van der Waals surface area (Å²) < 4.78 is 7.02. The number of nitrogens with two attached hydrogens (primary N) is 1. The summed E-state index contributed by atoms with van der Waals surface area (Å²) in [6.45, 7) is 5.56. The maximum absolute atomic E-state index is 12.2. The third kappa shape index (κ3) is 3.10. The van der Waals surface area contributed by atoms with Crippen molar-refractivity contribution in [2.24, 2.45) is 10.8 Å². The largest absolute Gasteiger partial charge is 0.464 e. The highest BCUT2D eigenvalue weighted by Gasteiger charge is 2.50. The summed E-state index contributed by atoms with van der Waals surface area (Å²) >= 11 is 0. The number of fused-ring (bicyclic) bond motifs is 1. The van der Waals surface area contributed by atoms with Crippen LogP contribution >= 0.6 is 0 Å². The molecule has 1 unspecified atom stereocenters. The van der Waals surface area contributed by atoms with Crippen LogP contribution in [0.3, 0.4) is 0 Å². The van der Waals surface area contributed by atoms with Gasteiger partial charge in [-0.05, 0) is 32.3 Å². The van der Waals surface area contributed by atoms with Gasteiger partial charge in [0.05, 0.1) is 17.4 Å². The first-order valence-electron chi connectivity index (χ1n) is 8.44. The van der Waals surface area contributed by atoms with Crippen molar-refractivity contribution < 1.29 is 14.6 Å². The topological polar surface area (TPSA) is 136 Å². The van der Waals surface area contributed by atoms with E-state index in [-0.39, 0.29) is 30.6 Å². The Labute approximate surface area is 149 Å². The minimum atomic E-state index is -0.594. The van der Waals surface area contributed by atoms with E-state index in [1.54, 1.807) is 10.8 Å². The second-order valence-corrected chi connectivity index (χ2v) is 7.36. The molecule has 0 saturated heterocycles. The quantitative estimate of drug-likeness (QED) is 0.650. The molecule has 1 aliphatic carbocycles. The number of hydrogen-bond acceptors (Lipinski definition) is 7. The molecule has 0 bridgehead atoms. The Hall–Kier alpha value is -2.68. The smallest absolute Gasteiger partial charge is 0.311 e. The fourth-order valence-electron chi connectivity index (χ4n) is 2.60. The number of aliphatic hydroxyl groups is 1. The van der Waals surface area contributed by atoms with Crippen molar-refractivity contribution in [2.75, 3.05) is 18.9 Å². The number of carbonyl (C=O) groups excluding carboxylic acids is 1. The third-order valence-corrected chi connectivity index (χ3v) is 5.05. The van der Waals surface area contributed by atoms with Gasteiger partial charge in [0, 0.05) is 6.20 Å². The van der Waals surface area contributed by atoms with E-state index in [1.807, 2.05) is 20.8 Å². The summed E-state index contributed by atoms with van der Waals surface area (Å²) in [5.74, 6) is -0.282. The first-order valence-corrected chi connectivity index (χ1v) is 8.44. The van der Waals surface area contributed by atoms with Crippen LogP contribution in [-0.4, -0.2) is 43.8 Å². The second kappa shape index (κ2) is 6.24. The number of aromatic nitrogens is 4. The molecule has 2 aromatic rings. The fourth-order valence-corrected chi connectivity index (χ4v) is 2.60. The van der Waals surface area contributed by atoms with Gasteiger partial charge in [-0.25, -0.2) is 4.98 Å². The highest BCUT2D eigenvalue weighted by atomic mass is 16.5. The molecule has 26 heavy (non-hydrogen) atoms. The minimum Gasteiger partial charge on any atom is -0.464 e. The third-order valence-electron chi connectivity index (χ3n) is 5.05. The number of ether oxygens (including phenoxy) is 1. The van der Waals surface area contributed by atoms with Crippen molar-refractivity contribution in [2.45, 2.75) is 33.6 Å². The van der Waals surface area contributed by atoms with Gasteiger partial charge in [0.2, 0.25) is 5.95 Å². The van der Waals surface area contributed by atoms with Gasteiger partial charge in [0.15, 0.2) is 11.2 Å². The number of nitrogens with one attached hydrogen (secondary N) is 1. The Balaban J connectivity index is 1.81. The number of anilines is 1. The number of rotatable bonds is 6. The van der Waals surface area contributed by atoms with Gasteiger partial charge in [-0.2, -0.15) is 4.98 Å². The van der Waals surface area contributed by atoms with Crippen LogP contribution in [0, 0.1) is 10.8 Å². The Morgan fingerprint density at radius 2 is 2.31 bits per heavy atom. The van der Waals surface area contributed by atoms with Gasteiger partial charge in [-0.1, -0.05) is 6.92 Å². The molecule has 1 saturated carbocycles. The van der Waals surface area contributed by atoms with Crippen LogP contribution in [0.2, 0.25) is 0 Å². The average Bonchev–Trinajstić information content (AvgIpc) is 3.14. The summed E-state index contributed by atoms with van der Waals surface area (Å²) in [4.78, 5) is 34.5. The van der Waals surface area contributed by atoms with E-state index in [2.05, 4.69) is 15.0 Å². The van der Waals surface area contributed by atoms with E-state index >= 15 is 0 Å². The first kappa shape index (κ1) is 18.1. The number of carbonyl (C=O) groups is 1. The van der Waals surface area contributed by atoms with Crippen molar-refractivity contribution in [3.05, 3.63) is 22.3 Å². The van der Waals surface area contributed by atoms with Crippen LogP contribution in [0.1, 0.15) is 33.6 Å². The van der Waals surface area contributed by atoms with Crippen LogP contribution < -0.4 is 11.3 Å². The number of imidazole rings is 1. The molecule has 9 heteroatoms. The highest BCUT2D eigenvalue weighted by Crippen LogP contribution is 2.52. The minimum absolute atomic E-state index is 0.00240. The second-order valence-electron chi connectivity index (χ2n) is 7.36. The number of aliphatic hydroxyl groups excluding tert-OH is 1. The average molecular weight is 361 g/mol. The van der Waals surface area contributed by atoms with Crippen molar-refractivity contribution >= 4 is 29.3 Å². The lowest BCUT2D eigenvalue weighted by atomic mass is 9.90. The maximum atomic E-state index is 12.2. The molecule has 1 atom stereocenters. The molecular weight excluding hydrogens is 338 g/mol. The molecule has 9 nitrogen and oxygen atoms in total. The molecule has 3 rings (SSSR count). The van der Waals surface area contributed by atoms with Crippen LogP contribution in [-0.2, 0) is 9.53 Å². The number of aromatic amines is 1. The number of hydrogen-bond donors (Lipinski definition) is 3. The summed E-state index contributed by atoms with van der Waals surface area (Å²) in [5.41, 5.74) is 5.43. The summed E-state index contributed by atoms with van der Waals surface area (Å²) in [5, 5.41) is 9.78. The molecule has 0 amide bonds. The maximum Gasteiger partial charge on any atom is 0.311 e. The van der Waals surface area contributed by atoms with Crippen LogP contribution in [0.5, 0.6) is 0 Å². The van der Waals surface area contributed by atoms with Crippen LogP contribution in [0.4, 0.5) is 5.95 Å². The Bertz CT molecular complexity index is 942. The van der Waals surface area contributed by atoms with Gasteiger partial charge in [0.1, 0.15) is 12.9 Å². The molecule has 0 aliphatic heterocycles. The van der Waals surface area contributed by atoms with Crippen molar-refractivity contribution in [1.82, 2.24) is 19.5 Å². The number of nitrogen functional groups attached to an aromatic ring is 1. The van der Waals surface area contributed by atoms with E-state index in [0.29, 0.717) is 18.5 Å². The molecule has 1 fully saturated rings. The number of nitrogens with zero attached hydrogens (tertiary/aromatic N) is 3. The summed E-state index contributed by atoms with van der Waals surface area (Å²) in [6, 6.07) is 0. The van der Waals surface area contributed by atoms with Crippen LogP contribution in [0.15, 0.2) is 16.7 Å². The summed E-state index contributed by atoms with van der Waals surface area (Å²) in [7, 11) is 0. The Morgan fingerprint density at radius 1 is 1.58 bits per heavy atom. The fraction of sp³-hybridized carbons (Fsp3) is 0.529. The van der Waals surface area contributed by atoms with E-state index in [9.17, 15) is 14.7 Å². The van der Waals surface area contributed by atoms with E-state index < -0.39 is 16.4 Å². The predicted molar refractivity (Wildman–Crippen MR) is 96.0 cm³/mol. The van der Waals surface area contributed by atoms with Gasteiger partial charge >= 0.3 is 5.97 Å². The Kier molecular flexibility index (Phi) is 4.35. The molecule has 1 aliphatic rings. The highest BCUT2D eigenvalue weighted by molar-refractivity contribution is 5.76. The lowest BCUT2D eigenvalue weighted by Crippen LogP contribution is -2.29. The zero-order chi connectivity index (χ0) is 19.1. The zero-order valence-electron chi connectivity index (χ0n) is 15.1. The number of H-pyrrole nitrogens is 1. The SMILES string of the molecule is CCC(C)(C)C(=O)OCC1(CO)C/C1=C/n1cnc2c(=O)[nH]c(N)nc21. The van der Waals surface area contributed by atoms with E-state index in [0.717, 1.165) is 5.57 Å². The monoisotopic (exact) mass is 361 g/mol. The first-order chi connectivity index (χ1) is 12.2. The molecule has 4 N–H and O–H groups in total. The van der Waals surface area contributed by atoms with Crippen molar-refractivity contribution in [1.29, 1.82) is 0 Å². The van der Waals surface area contributed by atoms with Gasteiger partial charge in [-0.15, -0.1) is 0 Å². The van der Waals surface area contributed by atoms with E-state index in [4.69, 9.17) is 10.5 Å². The lowest BCUT2D eigenvalue weighted by Gasteiger charge is -2.22. The zero-order valence-corrected chi connectivity index (χ0v) is 15.1. The predicted octanol–water partition coefficient (Wildman–Crippen LogP) is 0.905. The van der Waals surface area contributed by atoms with E-state index in [1.165, 1.54) is 6.33 Å². The molecular formula is C17H23N5O4. The summed E-state index contributed by atoms with van der Waals surface area (Å²) in [6.07, 6.45) is 4.47. The molecule has 0 aromatic carbocycles. The van der Waals surface area contributed by atoms with Gasteiger partial charge < -0.3 is 15.6 Å².